The minimum Gasteiger partial charge on any atom is -0.352 e. The monoisotopic (exact) mass is 332 g/mol. The molecule has 1 saturated carbocycles. The predicted molar refractivity (Wildman–Crippen MR) is 94.4 cm³/mol. The van der Waals surface area contributed by atoms with Gasteiger partial charge in [0.1, 0.15) is 5.82 Å². The van der Waals surface area contributed by atoms with Gasteiger partial charge in [-0.15, -0.1) is 0 Å². The summed E-state index contributed by atoms with van der Waals surface area (Å²) in [7, 11) is 0. The molecule has 3 nitrogen and oxygen atoms in total. The SMILES string of the molecule is CC1(C)CC(NC(=O)C2(c3ccccc3F)CCC2)CC(C)(C)N1. The number of benzene rings is 1. The number of amides is 1. The molecule has 132 valence electrons. The first-order valence-electron chi connectivity index (χ1n) is 8.99. The molecule has 1 saturated heterocycles. The van der Waals surface area contributed by atoms with Crippen molar-refractivity contribution >= 4 is 5.91 Å². The van der Waals surface area contributed by atoms with Crippen LogP contribution in [-0.4, -0.2) is 23.0 Å². The van der Waals surface area contributed by atoms with Crippen molar-refractivity contribution < 1.29 is 9.18 Å². The molecule has 2 aliphatic rings. The van der Waals surface area contributed by atoms with Crippen molar-refractivity contribution in [2.75, 3.05) is 0 Å². The average Bonchev–Trinajstić information content (AvgIpc) is 2.35. The lowest BCUT2D eigenvalue weighted by molar-refractivity contribution is -0.131. The van der Waals surface area contributed by atoms with E-state index in [0.29, 0.717) is 5.56 Å². The van der Waals surface area contributed by atoms with Crippen LogP contribution in [-0.2, 0) is 10.2 Å². The normalized spacial score (nSPS) is 24.9. The number of carbonyl (C=O) groups is 1. The number of nitrogens with one attached hydrogen (secondary N) is 2. The molecule has 1 aliphatic heterocycles. The standard InChI is InChI=1S/C20H29FN2O/c1-18(2)12-14(13-19(3,4)23-18)22-17(24)20(10-7-11-20)15-8-5-6-9-16(15)21/h5-6,8-9,14,23H,7,10-13H2,1-4H3,(H,22,24). The van der Waals surface area contributed by atoms with Crippen molar-refractivity contribution in [2.24, 2.45) is 0 Å². The van der Waals surface area contributed by atoms with Crippen molar-refractivity contribution in [1.29, 1.82) is 0 Å². The highest BCUT2D eigenvalue weighted by Crippen LogP contribution is 2.45. The number of rotatable bonds is 3. The molecule has 0 aromatic heterocycles. The number of piperidine rings is 1. The first kappa shape index (κ1) is 17.4. The maximum Gasteiger partial charge on any atom is 0.230 e. The fraction of sp³-hybridized carbons (Fsp3) is 0.650. The molecule has 3 rings (SSSR count). The molecule has 0 unspecified atom stereocenters. The van der Waals surface area contributed by atoms with Crippen molar-refractivity contribution in [1.82, 2.24) is 10.6 Å². The Bertz CT molecular complexity index is 618. The van der Waals surface area contributed by atoms with Crippen molar-refractivity contribution in [3.63, 3.8) is 0 Å². The summed E-state index contributed by atoms with van der Waals surface area (Å²) >= 11 is 0. The first-order valence-corrected chi connectivity index (χ1v) is 8.99. The highest BCUT2D eigenvalue weighted by molar-refractivity contribution is 5.89. The van der Waals surface area contributed by atoms with E-state index in [1.54, 1.807) is 12.1 Å². The summed E-state index contributed by atoms with van der Waals surface area (Å²) in [5, 5.41) is 6.88. The van der Waals surface area contributed by atoms with Crippen LogP contribution in [0.5, 0.6) is 0 Å². The minimum atomic E-state index is -0.676. The number of hydrogen-bond donors (Lipinski definition) is 2. The summed E-state index contributed by atoms with van der Waals surface area (Å²) in [4.78, 5) is 13.1. The maximum atomic E-state index is 14.3. The highest BCUT2D eigenvalue weighted by Gasteiger charge is 2.48. The topological polar surface area (TPSA) is 41.1 Å². The molecule has 1 aliphatic carbocycles. The molecule has 0 atom stereocenters. The molecule has 0 bridgehead atoms. The Morgan fingerprint density at radius 2 is 1.71 bits per heavy atom. The largest absolute Gasteiger partial charge is 0.352 e. The van der Waals surface area contributed by atoms with E-state index in [4.69, 9.17) is 0 Å². The fourth-order valence-corrected chi connectivity index (χ4v) is 4.75. The number of halogens is 1. The van der Waals surface area contributed by atoms with Crippen molar-refractivity contribution in [3.05, 3.63) is 35.6 Å². The fourth-order valence-electron chi connectivity index (χ4n) is 4.75. The third-order valence-electron chi connectivity index (χ3n) is 5.56. The zero-order chi connectivity index (χ0) is 17.6. The Morgan fingerprint density at radius 1 is 1.12 bits per heavy atom. The lowest BCUT2D eigenvalue weighted by Crippen LogP contribution is -2.63. The first-order chi connectivity index (χ1) is 11.1. The second-order valence-corrected chi connectivity index (χ2v) is 8.89. The van der Waals surface area contributed by atoms with Gasteiger partial charge < -0.3 is 10.6 Å². The zero-order valence-electron chi connectivity index (χ0n) is 15.2. The van der Waals surface area contributed by atoms with Crippen LogP contribution in [0.1, 0.15) is 65.4 Å². The molecule has 24 heavy (non-hydrogen) atoms. The molecule has 2 fully saturated rings. The van der Waals surface area contributed by atoms with Gasteiger partial charge >= 0.3 is 0 Å². The van der Waals surface area contributed by atoms with Crippen LogP contribution in [0.2, 0.25) is 0 Å². The zero-order valence-corrected chi connectivity index (χ0v) is 15.2. The number of carbonyl (C=O) groups excluding carboxylic acids is 1. The summed E-state index contributed by atoms with van der Waals surface area (Å²) in [6.45, 7) is 8.68. The smallest absolute Gasteiger partial charge is 0.230 e. The molecular weight excluding hydrogens is 303 g/mol. The van der Waals surface area contributed by atoms with Gasteiger partial charge in [0.2, 0.25) is 5.91 Å². The van der Waals surface area contributed by atoms with Gasteiger partial charge in [0.15, 0.2) is 0 Å². The van der Waals surface area contributed by atoms with Crippen LogP contribution < -0.4 is 10.6 Å². The molecule has 0 radical (unpaired) electrons. The van der Waals surface area contributed by atoms with Crippen molar-refractivity contribution in [3.8, 4) is 0 Å². The summed E-state index contributed by atoms with van der Waals surface area (Å²) in [5.41, 5.74) is -0.166. The summed E-state index contributed by atoms with van der Waals surface area (Å²) in [5.74, 6) is -0.268. The Balaban J connectivity index is 1.80. The van der Waals surface area contributed by atoms with Crippen LogP contribution >= 0.6 is 0 Å². The van der Waals surface area contributed by atoms with Crippen LogP contribution in [0.4, 0.5) is 4.39 Å². The van der Waals surface area contributed by atoms with E-state index >= 15 is 0 Å². The highest BCUT2D eigenvalue weighted by atomic mass is 19.1. The molecule has 1 heterocycles. The van der Waals surface area contributed by atoms with E-state index < -0.39 is 5.41 Å². The van der Waals surface area contributed by atoms with E-state index in [0.717, 1.165) is 32.1 Å². The Morgan fingerprint density at radius 3 is 2.21 bits per heavy atom. The predicted octanol–water partition coefficient (Wildman–Crippen LogP) is 3.67. The van der Waals surface area contributed by atoms with Crippen LogP contribution in [0.15, 0.2) is 24.3 Å². The Labute approximate surface area is 144 Å². The van der Waals surface area contributed by atoms with Gasteiger partial charge in [-0.1, -0.05) is 24.6 Å². The molecule has 2 N–H and O–H groups in total. The van der Waals surface area contributed by atoms with Crippen molar-refractivity contribution in [2.45, 2.75) is 82.3 Å². The van der Waals surface area contributed by atoms with Crippen LogP contribution in [0.25, 0.3) is 0 Å². The lowest BCUT2D eigenvalue weighted by Gasteiger charge is -2.48. The van der Waals surface area contributed by atoms with E-state index in [1.807, 2.05) is 6.07 Å². The maximum absolute atomic E-state index is 14.3. The van der Waals surface area contributed by atoms with E-state index in [1.165, 1.54) is 6.07 Å². The Kier molecular flexibility index (Phi) is 4.23. The van der Waals surface area contributed by atoms with Gasteiger partial charge in [0.25, 0.3) is 0 Å². The third kappa shape index (κ3) is 3.21. The third-order valence-corrected chi connectivity index (χ3v) is 5.56. The molecule has 1 amide bonds. The van der Waals surface area contributed by atoms with E-state index in [2.05, 4.69) is 38.3 Å². The minimum absolute atomic E-state index is 0.00245. The molecule has 1 aromatic rings. The van der Waals surface area contributed by atoms with Gasteiger partial charge in [-0.2, -0.15) is 0 Å². The van der Waals surface area contributed by atoms with Gasteiger partial charge in [0.05, 0.1) is 5.41 Å². The van der Waals surface area contributed by atoms with E-state index in [9.17, 15) is 9.18 Å². The Hall–Kier alpha value is -1.42. The summed E-state index contributed by atoms with van der Waals surface area (Å²) in [6, 6.07) is 6.85. The summed E-state index contributed by atoms with van der Waals surface area (Å²) in [6.07, 6.45) is 4.21. The van der Waals surface area contributed by atoms with Gasteiger partial charge in [-0.25, -0.2) is 4.39 Å². The molecule has 0 spiro atoms. The average molecular weight is 332 g/mol. The second-order valence-electron chi connectivity index (χ2n) is 8.89. The van der Waals surface area contributed by atoms with Gasteiger partial charge in [-0.05, 0) is 59.4 Å². The van der Waals surface area contributed by atoms with E-state index in [-0.39, 0.29) is 28.8 Å². The lowest BCUT2D eigenvalue weighted by atomic mass is 9.63. The molecular formula is C20H29FN2O. The quantitative estimate of drug-likeness (QED) is 0.887. The second kappa shape index (κ2) is 5.83. The number of hydrogen-bond acceptors (Lipinski definition) is 2. The molecule has 4 heteroatoms. The van der Waals surface area contributed by atoms with Crippen LogP contribution in [0.3, 0.4) is 0 Å². The molecule has 1 aromatic carbocycles. The van der Waals surface area contributed by atoms with Gasteiger partial charge in [0, 0.05) is 22.7 Å². The van der Waals surface area contributed by atoms with Crippen LogP contribution in [0, 0.1) is 5.82 Å². The summed E-state index contributed by atoms with van der Waals surface area (Å²) < 4.78 is 14.3. The van der Waals surface area contributed by atoms with Gasteiger partial charge in [-0.3, -0.25) is 4.79 Å².